The van der Waals surface area contributed by atoms with Gasteiger partial charge in [0.25, 0.3) is 5.89 Å². The van der Waals surface area contributed by atoms with Gasteiger partial charge in [-0.2, -0.15) is 0 Å². The van der Waals surface area contributed by atoms with Gasteiger partial charge in [0.1, 0.15) is 5.69 Å². The maximum Gasteiger partial charge on any atom is 0.327 e. The number of nitrogens with zero attached hydrogens (tertiary/aromatic N) is 3. The number of aryl methyl sites for hydroxylation is 1. The van der Waals surface area contributed by atoms with Gasteiger partial charge in [-0.15, -0.1) is 16.4 Å². The van der Waals surface area contributed by atoms with Crippen LogP contribution >= 0.6 is 11.3 Å². The molecule has 2 N–H and O–H groups in total. The normalized spacial score (nSPS) is 10.3. The van der Waals surface area contributed by atoms with Crippen molar-refractivity contribution in [2.45, 2.75) is 6.92 Å². The summed E-state index contributed by atoms with van der Waals surface area (Å²) in [5, 5.41) is 15.4. The van der Waals surface area contributed by atoms with Crippen LogP contribution in [0.3, 0.4) is 0 Å². The molecule has 0 spiro atoms. The molecule has 1 aromatic carbocycles. The molecule has 8 heteroatoms. The van der Waals surface area contributed by atoms with Crippen molar-refractivity contribution in [1.82, 2.24) is 15.2 Å². The second-order valence-electron chi connectivity index (χ2n) is 4.11. The molecule has 7 nitrogen and oxygen atoms in total. The first-order valence-corrected chi connectivity index (χ1v) is 6.98. The monoisotopic (exact) mass is 301 g/mol. The Morgan fingerprint density at radius 1 is 1.19 bits per heavy atom. The van der Waals surface area contributed by atoms with Crippen molar-refractivity contribution in [3.63, 3.8) is 0 Å². The van der Waals surface area contributed by atoms with Gasteiger partial charge in [-0.3, -0.25) is 5.32 Å². The lowest BCUT2D eigenvalue weighted by molar-refractivity contribution is 0.261. The summed E-state index contributed by atoms with van der Waals surface area (Å²) in [5.74, 6) is 0.273. The Hall–Kier alpha value is -2.74. The van der Waals surface area contributed by atoms with Gasteiger partial charge in [0.05, 0.1) is 5.01 Å². The van der Waals surface area contributed by atoms with Crippen molar-refractivity contribution < 1.29 is 9.21 Å². The van der Waals surface area contributed by atoms with Crippen LogP contribution in [-0.2, 0) is 0 Å². The zero-order chi connectivity index (χ0) is 14.7. The van der Waals surface area contributed by atoms with Gasteiger partial charge in [0, 0.05) is 11.1 Å². The van der Waals surface area contributed by atoms with E-state index in [1.54, 1.807) is 12.1 Å². The van der Waals surface area contributed by atoms with Crippen LogP contribution in [0.4, 0.5) is 16.5 Å². The standard InChI is InChI=1S/C13H11N5O2S/c1-8-14-10(7-21-8)11-17-18-13(20-11)16-12(19)15-9-5-3-2-4-6-9/h2-7H,1H3,(H2,15,16,18,19). The quantitative estimate of drug-likeness (QED) is 0.775. The lowest BCUT2D eigenvalue weighted by Gasteiger charge is -2.03. The summed E-state index contributed by atoms with van der Waals surface area (Å²) in [7, 11) is 0. The fourth-order valence-corrected chi connectivity index (χ4v) is 2.21. The van der Waals surface area contributed by atoms with E-state index in [4.69, 9.17) is 4.42 Å². The van der Waals surface area contributed by atoms with Gasteiger partial charge in [-0.25, -0.2) is 9.78 Å². The summed E-state index contributed by atoms with van der Waals surface area (Å²) in [6.45, 7) is 1.89. The number of para-hydroxylation sites is 1. The highest BCUT2D eigenvalue weighted by atomic mass is 32.1. The first-order valence-electron chi connectivity index (χ1n) is 6.10. The molecular weight excluding hydrogens is 290 g/mol. The van der Waals surface area contributed by atoms with Crippen LogP contribution in [0.15, 0.2) is 40.1 Å². The number of carbonyl (C=O) groups excluding carboxylic acids is 1. The maximum absolute atomic E-state index is 11.8. The van der Waals surface area contributed by atoms with Crippen molar-refractivity contribution in [2.75, 3.05) is 10.6 Å². The van der Waals surface area contributed by atoms with Crippen LogP contribution in [-0.4, -0.2) is 21.2 Å². The van der Waals surface area contributed by atoms with Gasteiger partial charge >= 0.3 is 12.0 Å². The van der Waals surface area contributed by atoms with Crippen LogP contribution in [0.2, 0.25) is 0 Å². The Bertz CT molecular complexity index is 753. The molecule has 106 valence electrons. The predicted molar refractivity (Wildman–Crippen MR) is 79.2 cm³/mol. The molecule has 0 aliphatic carbocycles. The molecular formula is C13H11N5O2S. The molecule has 0 saturated heterocycles. The van der Waals surface area contributed by atoms with Gasteiger partial charge in [-0.1, -0.05) is 23.3 Å². The van der Waals surface area contributed by atoms with Crippen molar-refractivity contribution in [3.8, 4) is 11.6 Å². The van der Waals surface area contributed by atoms with E-state index in [9.17, 15) is 4.79 Å². The van der Waals surface area contributed by atoms with Gasteiger partial charge < -0.3 is 9.73 Å². The average Bonchev–Trinajstić information content (AvgIpc) is 3.09. The summed E-state index contributed by atoms with van der Waals surface area (Å²) in [4.78, 5) is 16.0. The van der Waals surface area contributed by atoms with E-state index in [2.05, 4.69) is 25.8 Å². The molecule has 0 atom stereocenters. The highest BCUT2D eigenvalue weighted by Crippen LogP contribution is 2.21. The molecule has 0 bridgehead atoms. The minimum absolute atomic E-state index is 0.0177. The van der Waals surface area contributed by atoms with E-state index in [0.717, 1.165) is 5.01 Å². The fourth-order valence-electron chi connectivity index (χ4n) is 1.62. The summed E-state index contributed by atoms with van der Waals surface area (Å²) in [5.41, 5.74) is 1.27. The number of hydrogen-bond donors (Lipinski definition) is 2. The molecule has 2 amide bonds. The first-order chi connectivity index (χ1) is 10.2. The largest absolute Gasteiger partial charge is 0.401 e. The summed E-state index contributed by atoms with van der Waals surface area (Å²) in [6.07, 6.45) is 0. The lowest BCUT2D eigenvalue weighted by atomic mass is 10.3. The SMILES string of the molecule is Cc1nc(-c2nnc(NC(=O)Nc3ccccc3)o2)cs1. The molecule has 0 radical (unpaired) electrons. The number of thiazole rings is 1. The number of hydrogen-bond acceptors (Lipinski definition) is 6. The number of amides is 2. The number of carbonyl (C=O) groups is 1. The minimum Gasteiger partial charge on any atom is -0.401 e. The number of anilines is 2. The van der Waals surface area contributed by atoms with Crippen molar-refractivity contribution in [3.05, 3.63) is 40.7 Å². The third-order valence-electron chi connectivity index (χ3n) is 2.52. The van der Waals surface area contributed by atoms with Gasteiger partial charge in [-0.05, 0) is 19.1 Å². The molecule has 3 rings (SSSR count). The van der Waals surface area contributed by atoms with Crippen LogP contribution in [0.5, 0.6) is 0 Å². The van der Waals surface area contributed by atoms with Gasteiger partial charge in [0.15, 0.2) is 0 Å². The number of aromatic nitrogens is 3. The Kier molecular flexibility index (Phi) is 3.61. The van der Waals surface area contributed by atoms with E-state index in [0.29, 0.717) is 11.4 Å². The van der Waals surface area contributed by atoms with Gasteiger partial charge in [0.2, 0.25) is 0 Å². The van der Waals surface area contributed by atoms with E-state index in [-0.39, 0.29) is 11.9 Å². The number of urea groups is 1. The molecule has 0 saturated carbocycles. The number of rotatable bonds is 3. The number of benzene rings is 1. The van der Waals surface area contributed by atoms with Crippen molar-refractivity contribution in [1.29, 1.82) is 0 Å². The highest BCUT2D eigenvalue weighted by Gasteiger charge is 2.13. The molecule has 0 unspecified atom stereocenters. The Morgan fingerprint density at radius 2 is 2.00 bits per heavy atom. The lowest BCUT2D eigenvalue weighted by Crippen LogP contribution is -2.19. The summed E-state index contributed by atoms with van der Waals surface area (Å²) >= 11 is 1.49. The molecule has 21 heavy (non-hydrogen) atoms. The zero-order valence-electron chi connectivity index (χ0n) is 11.0. The first kappa shape index (κ1) is 13.3. The third kappa shape index (κ3) is 3.23. The van der Waals surface area contributed by atoms with E-state index >= 15 is 0 Å². The fraction of sp³-hybridized carbons (Fsp3) is 0.0769. The Morgan fingerprint density at radius 3 is 2.71 bits per heavy atom. The molecule has 0 aliphatic heterocycles. The summed E-state index contributed by atoms with van der Waals surface area (Å²) in [6, 6.07) is 8.63. The molecule has 2 heterocycles. The Labute approximate surface area is 124 Å². The Balaban J connectivity index is 1.66. The van der Waals surface area contributed by atoms with Crippen LogP contribution in [0.1, 0.15) is 5.01 Å². The highest BCUT2D eigenvalue weighted by molar-refractivity contribution is 7.09. The smallest absolute Gasteiger partial charge is 0.327 e. The zero-order valence-corrected chi connectivity index (χ0v) is 11.8. The maximum atomic E-state index is 11.8. The average molecular weight is 301 g/mol. The van der Waals surface area contributed by atoms with E-state index < -0.39 is 6.03 Å². The van der Waals surface area contributed by atoms with Crippen LogP contribution in [0.25, 0.3) is 11.6 Å². The topological polar surface area (TPSA) is 92.9 Å². The molecule has 0 aliphatic rings. The number of nitrogens with one attached hydrogen (secondary N) is 2. The molecule has 0 fully saturated rings. The second kappa shape index (κ2) is 5.71. The van der Waals surface area contributed by atoms with Crippen LogP contribution < -0.4 is 10.6 Å². The third-order valence-corrected chi connectivity index (χ3v) is 3.29. The predicted octanol–water partition coefficient (Wildman–Crippen LogP) is 3.15. The van der Waals surface area contributed by atoms with Crippen molar-refractivity contribution in [2.24, 2.45) is 0 Å². The van der Waals surface area contributed by atoms with E-state index in [1.807, 2.05) is 30.5 Å². The van der Waals surface area contributed by atoms with Crippen molar-refractivity contribution >= 4 is 29.1 Å². The summed E-state index contributed by atoms with van der Waals surface area (Å²) < 4.78 is 5.34. The molecule has 3 aromatic rings. The van der Waals surface area contributed by atoms with Crippen LogP contribution in [0, 0.1) is 6.92 Å². The van der Waals surface area contributed by atoms with E-state index in [1.165, 1.54) is 11.3 Å². The minimum atomic E-state index is -0.453. The second-order valence-corrected chi connectivity index (χ2v) is 5.17. The molecule has 2 aromatic heterocycles.